The molecule has 1 unspecified atom stereocenters. The number of benzene rings is 1. The average molecular weight is 416 g/mol. The van der Waals surface area contributed by atoms with Crippen molar-refractivity contribution in [2.24, 2.45) is 5.92 Å². The number of piperazine rings is 1. The molecule has 0 radical (unpaired) electrons. The second-order valence-electron chi connectivity index (χ2n) is 7.97. The number of carbonyl (C=O) groups excluding carboxylic acids is 1. The van der Waals surface area contributed by atoms with Crippen molar-refractivity contribution < 1.29 is 14.7 Å². The van der Waals surface area contributed by atoms with E-state index in [1.807, 2.05) is 11.4 Å². The highest BCUT2D eigenvalue weighted by Gasteiger charge is 2.24. The van der Waals surface area contributed by atoms with Gasteiger partial charge in [-0.2, -0.15) is 0 Å². The van der Waals surface area contributed by atoms with Crippen LogP contribution in [0.1, 0.15) is 47.2 Å². The Morgan fingerprint density at radius 2 is 1.86 bits per heavy atom. The molecule has 0 saturated carbocycles. The lowest BCUT2D eigenvalue weighted by atomic mass is 10.0. The monoisotopic (exact) mass is 415 g/mol. The number of carboxylic acid groups (broad SMARTS) is 1. The molecule has 3 rings (SSSR count). The van der Waals surface area contributed by atoms with E-state index in [9.17, 15) is 14.7 Å². The molecule has 156 valence electrons. The number of amides is 1. The van der Waals surface area contributed by atoms with Gasteiger partial charge in [-0.3, -0.25) is 9.69 Å². The van der Waals surface area contributed by atoms with Crippen molar-refractivity contribution in [3.63, 3.8) is 0 Å². The lowest BCUT2D eigenvalue weighted by Crippen LogP contribution is -2.50. The molecule has 7 heteroatoms. The second kappa shape index (κ2) is 9.41. The SMILES string of the molecule is CC(C)CC(C)N1CCN(c2ccc(NC(=O)c3cccs3)cc2C(=O)O)CC1. The second-order valence-corrected chi connectivity index (χ2v) is 8.92. The van der Waals surface area contributed by atoms with E-state index in [1.54, 1.807) is 24.3 Å². The number of hydrogen-bond donors (Lipinski definition) is 2. The third-order valence-electron chi connectivity index (χ3n) is 5.32. The van der Waals surface area contributed by atoms with Gasteiger partial charge < -0.3 is 15.3 Å². The maximum absolute atomic E-state index is 12.3. The fourth-order valence-corrected chi connectivity index (χ4v) is 4.52. The van der Waals surface area contributed by atoms with Crippen LogP contribution in [0, 0.1) is 5.92 Å². The Morgan fingerprint density at radius 1 is 1.14 bits per heavy atom. The van der Waals surface area contributed by atoms with Gasteiger partial charge in [-0.15, -0.1) is 11.3 Å². The molecule has 0 spiro atoms. The number of carboxylic acids is 1. The molecule has 1 aliphatic rings. The van der Waals surface area contributed by atoms with Crippen LogP contribution in [0.25, 0.3) is 0 Å². The molecule has 2 N–H and O–H groups in total. The third kappa shape index (κ3) is 5.36. The van der Waals surface area contributed by atoms with Gasteiger partial charge in [-0.1, -0.05) is 19.9 Å². The van der Waals surface area contributed by atoms with Crippen molar-refractivity contribution in [3.8, 4) is 0 Å². The Morgan fingerprint density at radius 3 is 2.45 bits per heavy atom. The van der Waals surface area contributed by atoms with Gasteiger partial charge in [0.1, 0.15) is 0 Å². The van der Waals surface area contributed by atoms with Crippen LogP contribution in [0.2, 0.25) is 0 Å². The first-order chi connectivity index (χ1) is 13.8. The predicted molar refractivity (Wildman–Crippen MR) is 118 cm³/mol. The molecule has 1 fully saturated rings. The minimum atomic E-state index is -0.983. The van der Waals surface area contributed by atoms with Crippen LogP contribution in [-0.4, -0.2) is 54.1 Å². The Balaban J connectivity index is 1.70. The van der Waals surface area contributed by atoms with Gasteiger partial charge in [-0.05, 0) is 48.9 Å². The van der Waals surface area contributed by atoms with Gasteiger partial charge in [0.05, 0.1) is 16.1 Å². The Kier molecular flexibility index (Phi) is 6.92. The van der Waals surface area contributed by atoms with Crippen molar-refractivity contribution in [1.82, 2.24) is 4.90 Å². The molecule has 1 aliphatic heterocycles. The van der Waals surface area contributed by atoms with E-state index in [4.69, 9.17) is 0 Å². The number of hydrogen-bond acceptors (Lipinski definition) is 5. The quantitative estimate of drug-likeness (QED) is 0.707. The first kappa shape index (κ1) is 21.3. The summed E-state index contributed by atoms with van der Waals surface area (Å²) in [6.07, 6.45) is 1.17. The molecule has 1 aromatic carbocycles. The fourth-order valence-electron chi connectivity index (χ4n) is 3.90. The van der Waals surface area contributed by atoms with Gasteiger partial charge in [0.2, 0.25) is 0 Å². The Hall–Kier alpha value is -2.38. The van der Waals surface area contributed by atoms with Crippen molar-refractivity contribution in [1.29, 1.82) is 0 Å². The number of anilines is 2. The van der Waals surface area contributed by atoms with Crippen LogP contribution in [0.5, 0.6) is 0 Å². The van der Waals surface area contributed by atoms with Gasteiger partial charge in [0.15, 0.2) is 0 Å². The number of aromatic carboxylic acids is 1. The van der Waals surface area contributed by atoms with Gasteiger partial charge in [0.25, 0.3) is 5.91 Å². The summed E-state index contributed by atoms with van der Waals surface area (Å²) in [5, 5.41) is 14.4. The lowest BCUT2D eigenvalue weighted by molar-refractivity contribution is 0.0696. The van der Waals surface area contributed by atoms with E-state index in [1.165, 1.54) is 17.8 Å². The predicted octanol–water partition coefficient (Wildman–Crippen LogP) is 4.26. The summed E-state index contributed by atoms with van der Waals surface area (Å²) < 4.78 is 0. The summed E-state index contributed by atoms with van der Waals surface area (Å²) in [7, 11) is 0. The zero-order valence-corrected chi connectivity index (χ0v) is 18.0. The van der Waals surface area contributed by atoms with E-state index >= 15 is 0 Å². The smallest absolute Gasteiger partial charge is 0.337 e. The maximum atomic E-state index is 12.3. The third-order valence-corrected chi connectivity index (χ3v) is 6.19. The average Bonchev–Trinajstić information content (AvgIpc) is 3.22. The number of carbonyl (C=O) groups is 2. The van der Waals surface area contributed by atoms with Crippen molar-refractivity contribution in [2.75, 3.05) is 36.4 Å². The summed E-state index contributed by atoms with van der Waals surface area (Å²) in [5.74, 6) is -0.543. The fraction of sp³-hybridized carbons (Fsp3) is 0.455. The highest BCUT2D eigenvalue weighted by Crippen LogP contribution is 2.27. The number of thiophene rings is 1. The number of nitrogens with one attached hydrogen (secondary N) is 1. The highest BCUT2D eigenvalue weighted by atomic mass is 32.1. The van der Waals surface area contributed by atoms with E-state index in [-0.39, 0.29) is 11.5 Å². The zero-order chi connectivity index (χ0) is 21.0. The molecule has 2 heterocycles. The summed E-state index contributed by atoms with van der Waals surface area (Å²) in [4.78, 5) is 29.3. The normalized spacial score (nSPS) is 16.1. The molecule has 0 bridgehead atoms. The minimum absolute atomic E-state index is 0.220. The molecule has 1 aromatic heterocycles. The molecule has 6 nitrogen and oxygen atoms in total. The minimum Gasteiger partial charge on any atom is -0.478 e. The maximum Gasteiger partial charge on any atom is 0.337 e. The summed E-state index contributed by atoms with van der Waals surface area (Å²) in [5.41, 5.74) is 1.43. The van der Waals surface area contributed by atoms with Crippen molar-refractivity contribution in [2.45, 2.75) is 33.2 Å². The summed E-state index contributed by atoms with van der Waals surface area (Å²) in [6.45, 7) is 10.2. The molecule has 2 aromatic rings. The van der Waals surface area contributed by atoms with E-state index in [2.05, 4.69) is 35.9 Å². The standard InChI is InChI=1S/C22H29N3O3S/c1-15(2)13-16(3)24-8-10-25(11-9-24)19-7-6-17(14-18(19)22(27)28)23-21(26)20-5-4-12-29-20/h4-7,12,14-16H,8-11,13H2,1-3H3,(H,23,26)(H,27,28). The summed E-state index contributed by atoms with van der Waals surface area (Å²) >= 11 is 1.35. The van der Waals surface area contributed by atoms with Gasteiger partial charge in [0, 0.05) is 37.9 Å². The molecule has 1 saturated heterocycles. The van der Waals surface area contributed by atoms with Crippen LogP contribution in [-0.2, 0) is 0 Å². The lowest BCUT2D eigenvalue weighted by Gasteiger charge is -2.40. The highest BCUT2D eigenvalue weighted by molar-refractivity contribution is 7.12. The largest absolute Gasteiger partial charge is 0.478 e. The first-order valence-electron chi connectivity index (χ1n) is 10.1. The van der Waals surface area contributed by atoms with Crippen LogP contribution in [0.3, 0.4) is 0 Å². The Labute approximate surface area is 176 Å². The van der Waals surface area contributed by atoms with Crippen LogP contribution >= 0.6 is 11.3 Å². The molecular weight excluding hydrogens is 386 g/mol. The van der Waals surface area contributed by atoms with E-state index in [0.717, 1.165) is 26.2 Å². The summed E-state index contributed by atoms with van der Waals surface area (Å²) in [6, 6.07) is 9.23. The van der Waals surface area contributed by atoms with Crippen molar-refractivity contribution in [3.05, 3.63) is 46.2 Å². The van der Waals surface area contributed by atoms with Crippen LogP contribution in [0.15, 0.2) is 35.7 Å². The molecule has 1 atom stereocenters. The first-order valence-corrected chi connectivity index (χ1v) is 10.9. The van der Waals surface area contributed by atoms with Gasteiger partial charge in [-0.25, -0.2) is 4.79 Å². The molecular formula is C22H29N3O3S. The number of rotatable bonds is 7. The Bertz CT molecular complexity index is 843. The molecule has 1 amide bonds. The van der Waals surface area contributed by atoms with E-state index < -0.39 is 5.97 Å². The molecule has 0 aliphatic carbocycles. The van der Waals surface area contributed by atoms with Crippen molar-refractivity contribution >= 4 is 34.6 Å². The van der Waals surface area contributed by atoms with Gasteiger partial charge >= 0.3 is 5.97 Å². The zero-order valence-electron chi connectivity index (χ0n) is 17.2. The molecule has 29 heavy (non-hydrogen) atoms. The van der Waals surface area contributed by atoms with Crippen LogP contribution < -0.4 is 10.2 Å². The topological polar surface area (TPSA) is 72.9 Å². The number of nitrogens with zero attached hydrogens (tertiary/aromatic N) is 2. The van der Waals surface area contributed by atoms with E-state index in [0.29, 0.717) is 28.2 Å². The van der Waals surface area contributed by atoms with Crippen LogP contribution in [0.4, 0.5) is 11.4 Å².